The van der Waals surface area contributed by atoms with Gasteiger partial charge in [0, 0.05) is 57.5 Å². The summed E-state index contributed by atoms with van der Waals surface area (Å²) in [6.45, 7) is 4.24. The number of hydrogen-bond acceptors (Lipinski definition) is 6. The van der Waals surface area contributed by atoms with Crippen molar-refractivity contribution in [2.45, 2.75) is 25.5 Å². The number of hydrogen-bond donors (Lipinski definition) is 0. The van der Waals surface area contributed by atoms with Gasteiger partial charge in [0.15, 0.2) is 22.9 Å². The standard InChI is InChI=1S/C35H33FN4O4/c36-28-9-4-8-27(19-28)29(30-21-37-35-32(10-5-13-40(30)35)42-23-25-6-2-1-3-7-25)20-34(41)39-16-14-38(15-17-39)22-26-11-12-31-33(18-26)44-24-43-31/h1-13,18-19,21,29H,14-17,20,22-24H2. The molecule has 1 unspecified atom stereocenters. The Morgan fingerprint density at radius 1 is 0.886 bits per heavy atom. The van der Waals surface area contributed by atoms with Gasteiger partial charge in [-0.1, -0.05) is 48.5 Å². The first kappa shape index (κ1) is 27.9. The molecule has 7 rings (SSSR count). The molecule has 1 atom stereocenters. The van der Waals surface area contributed by atoms with Crippen molar-refractivity contribution in [1.82, 2.24) is 19.2 Å². The maximum Gasteiger partial charge on any atom is 0.231 e. The highest BCUT2D eigenvalue weighted by atomic mass is 19.1. The van der Waals surface area contributed by atoms with Gasteiger partial charge in [0.05, 0.1) is 5.69 Å². The van der Waals surface area contributed by atoms with Crippen LogP contribution in [0.3, 0.4) is 0 Å². The Kier molecular flexibility index (Phi) is 7.85. The lowest BCUT2D eigenvalue weighted by atomic mass is 9.92. The van der Waals surface area contributed by atoms with Gasteiger partial charge < -0.3 is 23.5 Å². The molecule has 44 heavy (non-hydrogen) atoms. The third kappa shape index (κ3) is 5.96. The molecule has 0 N–H and O–H groups in total. The molecule has 0 radical (unpaired) electrons. The molecule has 0 spiro atoms. The highest BCUT2D eigenvalue weighted by molar-refractivity contribution is 5.78. The maximum absolute atomic E-state index is 14.4. The van der Waals surface area contributed by atoms with E-state index in [9.17, 15) is 9.18 Å². The number of carbonyl (C=O) groups excluding carboxylic acids is 1. The Bertz CT molecular complexity index is 1770. The van der Waals surface area contributed by atoms with Gasteiger partial charge in [-0.3, -0.25) is 9.69 Å². The normalized spacial score (nSPS) is 15.4. The van der Waals surface area contributed by atoms with Gasteiger partial charge in [-0.2, -0.15) is 0 Å². The molecule has 4 heterocycles. The molecule has 5 aromatic rings. The zero-order valence-electron chi connectivity index (χ0n) is 24.3. The number of piperazine rings is 1. The van der Waals surface area contributed by atoms with E-state index in [4.69, 9.17) is 14.2 Å². The van der Waals surface area contributed by atoms with Gasteiger partial charge >= 0.3 is 0 Å². The second-order valence-corrected chi connectivity index (χ2v) is 11.2. The Labute approximate surface area is 255 Å². The highest BCUT2D eigenvalue weighted by Gasteiger charge is 2.28. The van der Waals surface area contributed by atoms with Crippen molar-refractivity contribution >= 4 is 11.6 Å². The van der Waals surface area contributed by atoms with E-state index in [0.29, 0.717) is 31.1 Å². The van der Waals surface area contributed by atoms with Crippen LogP contribution in [0.2, 0.25) is 0 Å². The molecular formula is C35H33FN4O4. The van der Waals surface area contributed by atoms with E-state index in [0.717, 1.165) is 53.5 Å². The molecule has 1 fully saturated rings. The third-order valence-electron chi connectivity index (χ3n) is 8.32. The minimum Gasteiger partial charge on any atom is -0.485 e. The number of halogens is 1. The van der Waals surface area contributed by atoms with Crippen molar-refractivity contribution in [3.63, 3.8) is 0 Å². The average Bonchev–Trinajstić information content (AvgIpc) is 3.71. The number of rotatable bonds is 9. The zero-order valence-corrected chi connectivity index (χ0v) is 24.3. The quantitative estimate of drug-likeness (QED) is 0.221. The van der Waals surface area contributed by atoms with Gasteiger partial charge in [0.25, 0.3) is 0 Å². The summed E-state index contributed by atoms with van der Waals surface area (Å²) >= 11 is 0. The van der Waals surface area contributed by atoms with Gasteiger partial charge in [-0.15, -0.1) is 0 Å². The van der Waals surface area contributed by atoms with Crippen LogP contribution in [-0.4, -0.2) is 58.1 Å². The molecule has 9 heteroatoms. The third-order valence-corrected chi connectivity index (χ3v) is 8.32. The average molecular weight is 593 g/mol. The number of nitrogens with zero attached hydrogens (tertiary/aromatic N) is 4. The Morgan fingerprint density at radius 3 is 2.57 bits per heavy atom. The van der Waals surface area contributed by atoms with Crippen LogP contribution >= 0.6 is 0 Å². The fourth-order valence-corrected chi connectivity index (χ4v) is 5.98. The lowest BCUT2D eigenvalue weighted by molar-refractivity contribution is -0.133. The van der Waals surface area contributed by atoms with Crippen LogP contribution in [0.1, 0.15) is 34.7 Å². The maximum atomic E-state index is 14.4. The number of ether oxygens (including phenoxy) is 3. The summed E-state index contributed by atoms with van der Waals surface area (Å²) in [5.41, 5.74) is 4.41. The first-order valence-electron chi connectivity index (χ1n) is 14.9. The SMILES string of the molecule is O=C(CC(c1cccc(F)c1)c1cnc2c(OCc3ccccc3)cccn12)N1CCN(Cc2ccc3c(c2)OCO3)CC1. The summed E-state index contributed by atoms with van der Waals surface area (Å²) in [5.74, 6) is 1.52. The molecule has 0 aliphatic carbocycles. The zero-order chi connectivity index (χ0) is 29.9. The molecule has 1 saturated heterocycles. The van der Waals surface area contributed by atoms with Crippen LogP contribution in [0.5, 0.6) is 17.2 Å². The minimum atomic E-state index is -0.385. The van der Waals surface area contributed by atoms with Crippen LogP contribution < -0.4 is 14.2 Å². The topological polar surface area (TPSA) is 68.5 Å². The van der Waals surface area contributed by atoms with Crippen molar-refractivity contribution in [2.75, 3.05) is 33.0 Å². The molecule has 224 valence electrons. The van der Waals surface area contributed by atoms with Crippen molar-refractivity contribution in [3.8, 4) is 17.2 Å². The molecule has 0 saturated carbocycles. The van der Waals surface area contributed by atoms with Gasteiger partial charge in [-0.25, -0.2) is 9.37 Å². The van der Waals surface area contributed by atoms with Crippen molar-refractivity contribution in [3.05, 3.63) is 126 Å². The van der Waals surface area contributed by atoms with Crippen molar-refractivity contribution < 1.29 is 23.4 Å². The van der Waals surface area contributed by atoms with E-state index in [1.165, 1.54) is 12.1 Å². The van der Waals surface area contributed by atoms with Crippen molar-refractivity contribution in [1.29, 1.82) is 0 Å². The van der Waals surface area contributed by atoms with Crippen LogP contribution in [-0.2, 0) is 17.9 Å². The summed E-state index contributed by atoms with van der Waals surface area (Å²) in [5, 5.41) is 0. The van der Waals surface area contributed by atoms with Gasteiger partial charge in [0.2, 0.25) is 12.7 Å². The van der Waals surface area contributed by atoms with Crippen LogP contribution in [0, 0.1) is 5.82 Å². The summed E-state index contributed by atoms with van der Waals surface area (Å²) < 4.78 is 33.5. The van der Waals surface area contributed by atoms with E-state index in [1.807, 2.05) is 76.2 Å². The number of pyridine rings is 1. The number of aromatic nitrogens is 2. The van der Waals surface area contributed by atoms with Crippen LogP contribution in [0.15, 0.2) is 97.3 Å². The first-order valence-corrected chi connectivity index (χ1v) is 14.9. The second kappa shape index (κ2) is 12.4. The largest absolute Gasteiger partial charge is 0.485 e. The predicted octanol–water partition coefficient (Wildman–Crippen LogP) is 5.65. The number of benzene rings is 3. The second-order valence-electron chi connectivity index (χ2n) is 11.2. The lowest BCUT2D eigenvalue weighted by Crippen LogP contribution is -2.48. The van der Waals surface area contributed by atoms with Crippen LogP contribution in [0.25, 0.3) is 5.65 Å². The predicted molar refractivity (Wildman–Crippen MR) is 163 cm³/mol. The smallest absolute Gasteiger partial charge is 0.231 e. The minimum absolute atomic E-state index is 0.0356. The summed E-state index contributed by atoms with van der Waals surface area (Å²) in [6.07, 6.45) is 3.89. The molecular weight excluding hydrogens is 559 g/mol. The van der Waals surface area contributed by atoms with E-state index < -0.39 is 0 Å². The number of fused-ring (bicyclic) bond motifs is 2. The highest BCUT2D eigenvalue weighted by Crippen LogP contribution is 2.34. The Hall–Kier alpha value is -4.89. The fourth-order valence-electron chi connectivity index (χ4n) is 5.98. The first-order chi connectivity index (χ1) is 21.6. The van der Waals surface area contributed by atoms with E-state index in [2.05, 4.69) is 16.0 Å². The Balaban J connectivity index is 1.07. The summed E-state index contributed by atoms with van der Waals surface area (Å²) in [7, 11) is 0. The van der Waals surface area contributed by atoms with E-state index in [1.54, 1.807) is 12.3 Å². The molecule has 2 aliphatic rings. The Morgan fingerprint density at radius 2 is 1.73 bits per heavy atom. The summed E-state index contributed by atoms with van der Waals surface area (Å²) in [4.78, 5) is 22.7. The summed E-state index contributed by atoms with van der Waals surface area (Å²) in [6, 6.07) is 26.3. The number of imidazole rings is 1. The molecule has 1 amide bonds. The fraction of sp³-hybridized carbons (Fsp3) is 0.257. The monoisotopic (exact) mass is 592 g/mol. The molecule has 8 nitrogen and oxygen atoms in total. The molecule has 0 bridgehead atoms. The van der Waals surface area contributed by atoms with Gasteiger partial charge in [0.1, 0.15) is 12.4 Å². The molecule has 2 aliphatic heterocycles. The van der Waals surface area contributed by atoms with E-state index in [-0.39, 0.29) is 30.9 Å². The number of amides is 1. The van der Waals surface area contributed by atoms with Crippen LogP contribution in [0.4, 0.5) is 4.39 Å². The lowest BCUT2D eigenvalue weighted by Gasteiger charge is -2.35. The van der Waals surface area contributed by atoms with Gasteiger partial charge in [-0.05, 0) is 53.1 Å². The molecule has 3 aromatic carbocycles. The van der Waals surface area contributed by atoms with Crippen molar-refractivity contribution in [2.24, 2.45) is 0 Å². The van der Waals surface area contributed by atoms with E-state index >= 15 is 0 Å². The number of carbonyl (C=O) groups is 1. The molecule has 2 aromatic heterocycles.